The molecule has 1 saturated carbocycles. The van der Waals surface area contributed by atoms with E-state index in [2.05, 4.69) is 46.4 Å². The number of unbranched alkanes of at least 4 members (excludes halogenated alkanes) is 1. The van der Waals surface area contributed by atoms with Crippen LogP contribution in [0.1, 0.15) is 91.9 Å². The molecule has 1 aliphatic carbocycles. The predicted molar refractivity (Wildman–Crippen MR) is 105 cm³/mol. The average Bonchev–Trinajstić information content (AvgIpc) is 3.06. The second-order valence-electron chi connectivity index (χ2n) is 7.27. The Balaban J connectivity index is 0.000000423. The topological polar surface area (TPSA) is 9.23 Å². The van der Waals surface area contributed by atoms with Crippen molar-refractivity contribution in [2.75, 3.05) is 7.11 Å². The summed E-state index contributed by atoms with van der Waals surface area (Å²) in [6, 6.07) is 0. The third-order valence-corrected chi connectivity index (χ3v) is 5.08. The highest BCUT2D eigenvalue weighted by molar-refractivity contribution is 4.97. The molecule has 136 valence electrons. The first-order valence-corrected chi connectivity index (χ1v) is 9.86. The van der Waals surface area contributed by atoms with Crippen LogP contribution in [0.15, 0.2) is 24.3 Å². The maximum Gasteiger partial charge on any atom is 0.0568 e. The Labute approximate surface area is 146 Å². The molecule has 0 aromatic heterocycles. The minimum Gasteiger partial charge on any atom is -0.381 e. The van der Waals surface area contributed by atoms with Gasteiger partial charge in [0.1, 0.15) is 0 Å². The van der Waals surface area contributed by atoms with E-state index in [4.69, 9.17) is 4.74 Å². The van der Waals surface area contributed by atoms with Crippen molar-refractivity contribution in [3.63, 3.8) is 0 Å². The fourth-order valence-electron chi connectivity index (χ4n) is 3.11. The highest BCUT2D eigenvalue weighted by atomic mass is 16.5. The van der Waals surface area contributed by atoms with Crippen LogP contribution >= 0.6 is 0 Å². The van der Waals surface area contributed by atoms with E-state index in [1.165, 1.54) is 69.8 Å². The fraction of sp³-hybridized carbons (Fsp3) is 0.818. The number of rotatable bonds is 10. The Bertz CT molecular complexity index is 291. The molecule has 1 fully saturated rings. The molecule has 0 amide bonds. The van der Waals surface area contributed by atoms with Gasteiger partial charge in [0, 0.05) is 7.11 Å². The lowest BCUT2D eigenvalue weighted by molar-refractivity contribution is 0.0862. The molecule has 0 aromatic rings. The van der Waals surface area contributed by atoms with Gasteiger partial charge in [-0.1, -0.05) is 70.8 Å². The van der Waals surface area contributed by atoms with E-state index in [1.807, 2.05) is 7.11 Å². The molecule has 1 nitrogen and oxygen atoms in total. The summed E-state index contributed by atoms with van der Waals surface area (Å²) in [5.41, 5.74) is 1.38. The zero-order chi connectivity index (χ0) is 17.5. The van der Waals surface area contributed by atoms with Gasteiger partial charge in [-0.2, -0.15) is 0 Å². The van der Waals surface area contributed by atoms with Gasteiger partial charge in [0.05, 0.1) is 6.10 Å². The standard InChI is InChI=1S/C11H22O.C11H20/c1-3-11(12-2)9-8-10-6-4-5-7-10;1-5-6-7-8-9-11(4)10(2)3/h10-11H,3-9H2,1-2H3;5-6,10H,4,7-9H2,1-3H3/b;6-5-. The fourth-order valence-corrected chi connectivity index (χ4v) is 3.11. The molecule has 1 aliphatic rings. The Morgan fingerprint density at radius 3 is 2.39 bits per heavy atom. The van der Waals surface area contributed by atoms with Gasteiger partial charge in [0.15, 0.2) is 0 Å². The van der Waals surface area contributed by atoms with Gasteiger partial charge in [-0.25, -0.2) is 0 Å². The van der Waals surface area contributed by atoms with Gasteiger partial charge in [0.2, 0.25) is 0 Å². The van der Waals surface area contributed by atoms with Crippen LogP contribution in [0.2, 0.25) is 0 Å². The minimum atomic E-state index is 0.519. The van der Waals surface area contributed by atoms with Crippen LogP contribution in [0.5, 0.6) is 0 Å². The summed E-state index contributed by atoms with van der Waals surface area (Å²) in [6.07, 6.45) is 18.2. The van der Waals surface area contributed by atoms with Crippen LogP contribution < -0.4 is 0 Å². The van der Waals surface area contributed by atoms with Crippen molar-refractivity contribution >= 4 is 0 Å². The third-order valence-electron chi connectivity index (χ3n) is 5.08. The van der Waals surface area contributed by atoms with Gasteiger partial charge in [-0.15, -0.1) is 0 Å². The van der Waals surface area contributed by atoms with Gasteiger partial charge in [0.25, 0.3) is 0 Å². The van der Waals surface area contributed by atoms with Crippen LogP contribution in [0, 0.1) is 11.8 Å². The predicted octanol–water partition coefficient (Wildman–Crippen LogP) is 7.33. The van der Waals surface area contributed by atoms with Crippen molar-refractivity contribution in [1.29, 1.82) is 0 Å². The molecular formula is C22H42O. The van der Waals surface area contributed by atoms with Gasteiger partial charge >= 0.3 is 0 Å². The molecule has 0 radical (unpaired) electrons. The highest BCUT2D eigenvalue weighted by Crippen LogP contribution is 2.29. The number of hydrogen-bond donors (Lipinski definition) is 0. The first-order valence-electron chi connectivity index (χ1n) is 9.86. The molecule has 1 heteroatoms. The zero-order valence-corrected chi connectivity index (χ0v) is 16.6. The second kappa shape index (κ2) is 15.0. The molecule has 1 unspecified atom stereocenters. The van der Waals surface area contributed by atoms with E-state index in [9.17, 15) is 0 Å². The van der Waals surface area contributed by atoms with Crippen molar-refractivity contribution in [2.24, 2.45) is 11.8 Å². The summed E-state index contributed by atoms with van der Waals surface area (Å²) in [4.78, 5) is 0. The summed E-state index contributed by atoms with van der Waals surface area (Å²) < 4.78 is 5.36. The SMILES string of the molecule is C=C(CCC/C=C\C)C(C)C.CCC(CCC1CCCC1)OC. The summed E-state index contributed by atoms with van der Waals surface area (Å²) in [5, 5.41) is 0. The lowest BCUT2D eigenvalue weighted by Gasteiger charge is -2.15. The Morgan fingerprint density at radius 2 is 1.91 bits per heavy atom. The summed E-state index contributed by atoms with van der Waals surface area (Å²) in [5.74, 6) is 1.68. The maximum absolute atomic E-state index is 5.36. The Morgan fingerprint density at radius 1 is 1.26 bits per heavy atom. The smallest absolute Gasteiger partial charge is 0.0568 e. The van der Waals surface area contributed by atoms with Crippen molar-refractivity contribution in [1.82, 2.24) is 0 Å². The van der Waals surface area contributed by atoms with Crippen LogP contribution in [0.3, 0.4) is 0 Å². The molecule has 0 bridgehead atoms. The van der Waals surface area contributed by atoms with E-state index < -0.39 is 0 Å². The first kappa shape index (κ1) is 22.4. The first-order chi connectivity index (χ1) is 11.0. The molecule has 1 rings (SSSR count). The lowest BCUT2D eigenvalue weighted by Crippen LogP contribution is -2.10. The number of hydrogen-bond acceptors (Lipinski definition) is 1. The monoisotopic (exact) mass is 322 g/mol. The maximum atomic E-state index is 5.36. The summed E-state index contributed by atoms with van der Waals surface area (Å²) in [6.45, 7) is 12.7. The molecule has 0 saturated heterocycles. The van der Waals surface area contributed by atoms with Crippen molar-refractivity contribution in [2.45, 2.75) is 98.0 Å². The highest BCUT2D eigenvalue weighted by Gasteiger charge is 2.16. The van der Waals surface area contributed by atoms with Crippen molar-refractivity contribution in [3.05, 3.63) is 24.3 Å². The number of methoxy groups -OCH3 is 1. The summed E-state index contributed by atoms with van der Waals surface area (Å²) >= 11 is 0. The molecule has 0 spiro atoms. The van der Waals surface area contributed by atoms with Gasteiger partial charge in [-0.05, 0) is 57.3 Å². The molecule has 23 heavy (non-hydrogen) atoms. The third kappa shape index (κ3) is 12.5. The average molecular weight is 323 g/mol. The number of allylic oxidation sites excluding steroid dienone is 3. The quantitative estimate of drug-likeness (QED) is 0.302. The Kier molecular flexibility index (Phi) is 14.6. The molecule has 0 aromatic carbocycles. The van der Waals surface area contributed by atoms with Crippen molar-refractivity contribution < 1.29 is 4.74 Å². The van der Waals surface area contributed by atoms with Crippen LogP contribution in [0.4, 0.5) is 0 Å². The zero-order valence-electron chi connectivity index (χ0n) is 16.6. The van der Waals surface area contributed by atoms with Crippen LogP contribution in [-0.2, 0) is 4.74 Å². The Hall–Kier alpha value is -0.560. The molecular weight excluding hydrogens is 280 g/mol. The van der Waals surface area contributed by atoms with E-state index >= 15 is 0 Å². The van der Waals surface area contributed by atoms with Gasteiger partial charge < -0.3 is 4.74 Å². The number of ether oxygens (including phenoxy) is 1. The second-order valence-corrected chi connectivity index (χ2v) is 7.27. The largest absolute Gasteiger partial charge is 0.381 e. The van der Waals surface area contributed by atoms with Gasteiger partial charge in [-0.3, -0.25) is 0 Å². The normalized spacial score (nSPS) is 16.6. The minimum absolute atomic E-state index is 0.519. The molecule has 0 N–H and O–H groups in total. The molecule has 0 aliphatic heterocycles. The lowest BCUT2D eigenvalue weighted by atomic mass is 9.99. The van der Waals surface area contributed by atoms with Crippen LogP contribution in [0.25, 0.3) is 0 Å². The van der Waals surface area contributed by atoms with E-state index in [1.54, 1.807) is 0 Å². The van der Waals surface area contributed by atoms with E-state index in [-0.39, 0.29) is 0 Å². The molecule has 1 atom stereocenters. The van der Waals surface area contributed by atoms with Crippen LogP contribution in [-0.4, -0.2) is 13.2 Å². The summed E-state index contributed by atoms with van der Waals surface area (Å²) in [7, 11) is 1.84. The van der Waals surface area contributed by atoms with E-state index in [0.29, 0.717) is 12.0 Å². The molecule has 0 heterocycles. The van der Waals surface area contributed by atoms with Crippen molar-refractivity contribution in [3.8, 4) is 0 Å². The van der Waals surface area contributed by atoms with E-state index in [0.717, 1.165) is 5.92 Å².